The van der Waals surface area contributed by atoms with E-state index in [0.29, 0.717) is 16.5 Å². The molecule has 0 atom stereocenters. The van der Waals surface area contributed by atoms with Gasteiger partial charge < -0.3 is 10.1 Å². The van der Waals surface area contributed by atoms with Crippen molar-refractivity contribution >= 4 is 17.2 Å². The van der Waals surface area contributed by atoms with Crippen molar-refractivity contribution < 1.29 is 22.7 Å². The van der Waals surface area contributed by atoms with Crippen LogP contribution in [0.2, 0.25) is 0 Å². The number of aromatic nitrogens is 1. The van der Waals surface area contributed by atoms with Crippen molar-refractivity contribution in [2.24, 2.45) is 0 Å². The van der Waals surface area contributed by atoms with E-state index in [9.17, 15) is 18.0 Å². The van der Waals surface area contributed by atoms with Crippen LogP contribution in [0.4, 0.5) is 13.2 Å². The second-order valence-electron chi connectivity index (χ2n) is 4.90. The minimum atomic E-state index is -4.41. The van der Waals surface area contributed by atoms with E-state index in [2.05, 4.69) is 4.98 Å². The number of amides is 1. The molecule has 0 saturated carbocycles. The Labute approximate surface area is 135 Å². The topological polar surface area (TPSA) is 51.2 Å². The van der Waals surface area contributed by atoms with Crippen molar-refractivity contribution in [3.05, 3.63) is 45.9 Å². The van der Waals surface area contributed by atoms with Crippen LogP contribution in [0, 0.1) is 6.92 Å². The second-order valence-corrected chi connectivity index (χ2v) is 5.85. The van der Waals surface area contributed by atoms with Gasteiger partial charge in [-0.25, -0.2) is 4.98 Å². The van der Waals surface area contributed by atoms with Gasteiger partial charge in [0.05, 0.1) is 12.1 Å². The summed E-state index contributed by atoms with van der Waals surface area (Å²) in [6, 6.07) is 7.53. The van der Waals surface area contributed by atoms with Crippen molar-refractivity contribution in [1.29, 1.82) is 0 Å². The number of benzene rings is 1. The summed E-state index contributed by atoms with van der Waals surface area (Å²) in [6.45, 7) is 0.887. The first kappa shape index (κ1) is 17.3. The average molecular weight is 344 g/mol. The first-order chi connectivity index (χ1) is 10.8. The SMILES string of the molecule is Cc1ccc(OCc2nc(CC(=O)NCC(F)(F)F)cs2)cc1. The number of aryl methyl sites for hydroxylation is 1. The van der Waals surface area contributed by atoms with Gasteiger partial charge in [-0.2, -0.15) is 13.2 Å². The number of carbonyl (C=O) groups excluding carboxylic acids is 1. The Morgan fingerprint density at radius 3 is 2.65 bits per heavy atom. The van der Waals surface area contributed by atoms with E-state index in [1.807, 2.05) is 36.5 Å². The van der Waals surface area contributed by atoms with Gasteiger partial charge in [0, 0.05) is 5.38 Å². The molecule has 0 aliphatic heterocycles. The third kappa shape index (κ3) is 6.27. The summed E-state index contributed by atoms with van der Waals surface area (Å²) in [5.74, 6) is -0.00565. The van der Waals surface area contributed by atoms with Gasteiger partial charge in [-0.15, -0.1) is 11.3 Å². The van der Waals surface area contributed by atoms with Crippen molar-refractivity contribution in [2.45, 2.75) is 26.1 Å². The van der Waals surface area contributed by atoms with Crippen LogP contribution in [0.15, 0.2) is 29.6 Å². The lowest BCUT2D eigenvalue weighted by Crippen LogP contribution is -2.34. The number of hydrogen-bond acceptors (Lipinski definition) is 4. The van der Waals surface area contributed by atoms with E-state index in [-0.39, 0.29) is 13.0 Å². The number of hydrogen-bond donors (Lipinski definition) is 1. The fourth-order valence-corrected chi connectivity index (χ4v) is 2.41. The Kier molecular flexibility index (Phi) is 5.59. The molecule has 0 radical (unpaired) electrons. The maximum Gasteiger partial charge on any atom is 0.405 e. The van der Waals surface area contributed by atoms with E-state index in [1.165, 1.54) is 11.3 Å². The first-order valence-corrected chi connectivity index (χ1v) is 7.66. The maximum absolute atomic E-state index is 12.0. The van der Waals surface area contributed by atoms with Gasteiger partial charge >= 0.3 is 6.18 Å². The van der Waals surface area contributed by atoms with Crippen LogP contribution in [-0.2, 0) is 17.8 Å². The standard InChI is InChI=1S/C15H15F3N2O2S/c1-10-2-4-12(5-3-10)22-7-14-20-11(8-23-14)6-13(21)19-9-15(16,17)18/h2-5,8H,6-7,9H2,1H3,(H,19,21). The van der Waals surface area contributed by atoms with E-state index in [4.69, 9.17) is 4.74 Å². The number of carbonyl (C=O) groups is 1. The normalized spacial score (nSPS) is 11.3. The third-order valence-corrected chi connectivity index (χ3v) is 3.68. The molecule has 4 nitrogen and oxygen atoms in total. The van der Waals surface area contributed by atoms with Crippen LogP contribution in [0.5, 0.6) is 5.75 Å². The quantitative estimate of drug-likeness (QED) is 0.875. The van der Waals surface area contributed by atoms with Gasteiger partial charge in [0.2, 0.25) is 5.91 Å². The molecule has 1 N–H and O–H groups in total. The molecular weight excluding hydrogens is 329 g/mol. The highest BCUT2D eigenvalue weighted by Gasteiger charge is 2.27. The van der Waals surface area contributed by atoms with Crippen molar-refractivity contribution in [2.75, 3.05) is 6.54 Å². The zero-order chi connectivity index (χ0) is 16.9. The van der Waals surface area contributed by atoms with Crippen LogP contribution < -0.4 is 10.1 Å². The molecule has 124 valence electrons. The maximum atomic E-state index is 12.0. The molecule has 2 rings (SSSR count). The molecule has 2 aromatic rings. The molecular formula is C15H15F3N2O2S. The highest BCUT2D eigenvalue weighted by molar-refractivity contribution is 7.09. The number of ether oxygens (including phenoxy) is 1. The summed E-state index contributed by atoms with van der Waals surface area (Å²) in [5.41, 5.74) is 1.55. The number of thiazole rings is 1. The molecule has 0 fully saturated rings. The summed E-state index contributed by atoms with van der Waals surface area (Å²) in [4.78, 5) is 15.6. The molecule has 23 heavy (non-hydrogen) atoms. The predicted octanol–water partition coefficient (Wildman–Crippen LogP) is 3.25. The van der Waals surface area contributed by atoms with Crippen LogP contribution in [0.25, 0.3) is 0 Å². The van der Waals surface area contributed by atoms with E-state index in [1.54, 1.807) is 5.38 Å². The van der Waals surface area contributed by atoms with Gasteiger partial charge in [0.15, 0.2) is 0 Å². The summed E-state index contributed by atoms with van der Waals surface area (Å²) in [6.07, 6.45) is -4.60. The van der Waals surface area contributed by atoms with E-state index < -0.39 is 18.6 Å². The van der Waals surface area contributed by atoms with Gasteiger partial charge in [0.1, 0.15) is 23.9 Å². The van der Waals surface area contributed by atoms with Crippen LogP contribution >= 0.6 is 11.3 Å². The van der Waals surface area contributed by atoms with Gasteiger partial charge in [-0.3, -0.25) is 4.79 Å². The summed E-state index contributed by atoms with van der Waals surface area (Å²) in [7, 11) is 0. The Morgan fingerprint density at radius 2 is 2.00 bits per heavy atom. The van der Waals surface area contributed by atoms with Crippen LogP contribution in [-0.4, -0.2) is 23.6 Å². The predicted molar refractivity (Wildman–Crippen MR) is 80.4 cm³/mol. The highest BCUT2D eigenvalue weighted by atomic mass is 32.1. The van der Waals surface area contributed by atoms with Gasteiger partial charge in [0.25, 0.3) is 0 Å². The second kappa shape index (κ2) is 7.45. The average Bonchev–Trinajstić information content (AvgIpc) is 2.91. The van der Waals surface area contributed by atoms with Crippen molar-refractivity contribution in [1.82, 2.24) is 10.3 Å². The van der Waals surface area contributed by atoms with E-state index in [0.717, 1.165) is 5.56 Å². The molecule has 1 amide bonds. The smallest absolute Gasteiger partial charge is 0.405 e. The molecule has 1 aromatic heterocycles. The third-order valence-electron chi connectivity index (χ3n) is 2.81. The zero-order valence-electron chi connectivity index (χ0n) is 12.3. The fourth-order valence-electron chi connectivity index (χ4n) is 1.70. The molecule has 0 spiro atoms. The lowest BCUT2D eigenvalue weighted by molar-refractivity contribution is -0.138. The fraction of sp³-hybridized carbons (Fsp3) is 0.333. The van der Waals surface area contributed by atoms with E-state index >= 15 is 0 Å². The number of nitrogens with one attached hydrogen (secondary N) is 1. The number of halogens is 3. The number of rotatable bonds is 6. The Bertz CT molecular complexity index is 653. The molecule has 0 saturated heterocycles. The summed E-state index contributed by atoms with van der Waals surface area (Å²) >= 11 is 1.30. The molecule has 1 heterocycles. The van der Waals surface area contributed by atoms with Gasteiger partial charge in [-0.05, 0) is 19.1 Å². The minimum Gasteiger partial charge on any atom is -0.486 e. The summed E-state index contributed by atoms with van der Waals surface area (Å²) < 4.78 is 41.6. The minimum absolute atomic E-state index is 0.183. The summed E-state index contributed by atoms with van der Waals surface area (Å²) in [5, 5.41) is 4.11. The molecule has 0 unspecified atom stereocenters. The zero-order valence-corrected chi connectivity index (χ0v) is 13.1. The molecule has 0 bridgehead atoms. The lowest BCUT2D eigenvalue weighted by Gasteiger charge is -2.07. The Hall–Kier alpha value is -2.09. The molecule has 1 aromatic carbocycles. The molecule has 8 heteroatoms. The monoisotopic (exact) mass is 344 g/mol. The number of alkyl halides is 3. The van der Waals surface area contributed by atoms with Gasteiger partial charge in [-0.1, -0.05) is 17.7 Å². The number of nitrogens with zero attached hydrogens (tertiary/aromatic N) is 1. The Morgan fingerprint density at radius 1 is 1.30 bits per heavy atom. The molecule has 0 aliphatic carbocycles. The highest BCUT2D eigenvalue weighted by Crippen LogP contribution is 2.16. The van der Waals surface area contributed by atoms with Crippen LogP contribution in [0.3, 0.4) is 0 Å². The van der Waals surface area contributed by atoms with Crippen molar-refractivity contribution in [3.8, 4) is 5.75 Å². The lowest BCUT2D eigenvalue weighted by atomic mass is 10.2. The Balaban J connectivity index is 1.81. The van der Waals surface area contributed by atoms with Crippen LogP contribution in [0.1, 0.15) is 16.3 Å². The molecule has 0 aliphatic rings. The first-order valence-electron chi connectivity index (χ1n) is 6.78. The largest absolute Gasteiger partial charge is 0.486 e. The van der Waals surface area contributed by atoms with Crippen molar-refractivity contribution in [3.63, 3.8) is 0 Å².